The van der Waals surface area contributed by atoms with Crippen molar-refractivity contribution in [3.63, 3.8) is 0 Å². The van der Waals surface area contributed by atoms with Gasteiger partial charge in [0, 0.05) is 47.6 Å². The van der Waals surface area contributed by atoms with Crippen LogP contribution in [0, 0.1) is 0 Å². The molecule has 0 spiro atoms. The molecule has 0 saturated carbocycles. The molecule has 2 aliphatic rings. The lowest BCUT2D eigenvalue weighted by Crippen LogP contribution is -2.34. The lowest BCUT2D eigenvalue weighted by Gasteiger charge is -2.27. The third-order valence-corrected chi connectivity index (χ3v) is 13.1. The summed E-state index contributed by atoms with van der Waals surface area (Å²) < 4.78 is 7.32. The van der Waals surface area contributed by atoms with Crippen molar-refractivity contribution < 1.29 is 4.57 Å². The molecule has 9 aromatic rings. The smallest absolute Gasteiger partial charge is 0.294 e. The van der Waals surface area contributed by atoms with Crippen molar-refractivity contribution in [2.45, 2.75) is 38.6 Å². The van der Waals surface area contributed by atoms with Gasteiger partial charge < -0.3 is 14.8 Å². The van der Waals surface area contributed by atoms with Gasteiger partial charge in [-0.1, -0.05) is 98.8 Å². The van der Waals surface area contributed by atoms with Crippen LogP contribution in [-0.2, 0) is 25.4 Å². The lowest BCUT2D eigenvalue weighted by molar-refractivity contribution is -0.667. The van der Waals surface area contributed by atoms with Gasteiger partial charge in [0.1, 0.15) is 5.69 Å². The fourth-order valence-electron chi connectivity index (χ4n) is 10.2. The van der Waals surface area contributed by atoms with E-state index in [4.69, 9.17) is 0 Å². The van der Waals surface area contributed by atoms with Crippen LogP contribution in [0.25, 0.3) is 61.8 Å². The zero-order valence-corrected chi connectivity index (χ0v) is 34.7. The van der Waals surface area contributed by atoms with Gasteiger partial charge >= 0.3 is 0 Å². The molecule has 0 aliphatic heterocycles. The summed E-state index contributed by atoms with van der Waals surface area (Å²) in [6.07, 6.45) is 6.70. The van der Waals surface area contributed by atoms with Crippen LogP contribution < -0.4 is 14.8 Å². The van der Waals surface area contributed by atoms with Gasteiger partial charge in [-0.15, -0.1) is 0 Å². The molecule has 11 rings (SSSR count). The van der Waals surface area contributed by atoms with Crippen molar-refractivity contribution in [1.29, 1.82) is 0 Å². The molecule has 5 heteroatoms. The highest BCUT2D eigenvalue weighted by Gasteiger charge is 2.36. The molecular formula is C55H48N5+. The van der Waals surface area contributed by atoms with Crippen LogP contribution in [0.15, 0.2) is 170 Å². The zero-order valence-electron chi connectivity index (χ0n) is 34.7. The molecule has 0 fully saturated rings. The van der Waals surface area contributed by atoms with Crippen molar-refractivity contribution >= 4 is 44.9 Å². The fourth-order valence-corrected chi connectivity index (χ4v) is 10.2. The van der Waals surface area contributed by atoms with E-state index < -0.39 is 0 Å². The molecule has 0 atom stereocenters. The second-order valence-electron chi connectivity index (χ2n) is 16.8. The molecular weight excluding hydrogens is 731 g/mol. The number of fused-ring (bicyclic) bond motifs is 7. The van der Waals surface area contributed by atoms with Gasteiger partial charge in [-0.25, -0.2) is 4.57 Å². The maximum absolute atomic E-state index is 3.44. The van der Waals surface area contributed by atoms with Crippen LogP contribution in [0.3, 0.4) is 0 Å². The van der Waals surface area contributed by atoms with Crippen LogP contribution in [0.4, 0.5) is 17.1 Å². The average Bonchev–Trinajstić information content (AvgIpc) is 3.87. The van der Waals surface area contributed by atoms with E-state index in [0.717, 1.165) is 42.1 Å². The van der Waals surface area contributed by atoms with Crippen molar-refractivity contribution in [3.05, 3.63) is 198 Å². The van der Waals surface area contributed by atoms with Crippen molar-refractivity contribution in [3.8, 4) is 33.9 Å². The molecule has 0 saturated heterocycles. The summed E-state index contributed by atoms with van der Waals surface area (Å²) in [7, 11) is 4.22. The third kappa shape index (κ3) is 5.56. The number of benzene rings is 7. The number of rotatable bonds is 8. The number of imidazole rings is 1. The second-order valence-corrected chi connectivity index (χ2v) is 16.8. The largest absolute Gasteiger partial charge is 0.386 e. The van der Waals surface area contributed by atoms with Crippen LogP contribution in [0.2, 0.25) is 0 Å². The summed E-state index contributed by atoms with van der Waals surface area (Å²) in [6.45, 7) is 5.47. The van der Waals surface area contributed by atoms with Gasteiger partial charge in [0.25, 0.3) is 5.82 Å². The Morgan fingerprint density at radius 1 is 0.650 bits per heavy atom. The Morgan fingerprint density at radius 3 is 2.15 bits per heavy atom. The van der Waals surface area contributed by atoms with E-state index in [0.29, 0.717) is 0 Å². The first kappa shape index (κ1) is 36.0. The molecule has 2 aromatic heterocycles. The Bertz CT molecular complexity index is 3130. The Balaban J connectivity index is 1.09. The summed E-state index contributed by atoms with van der Waals surface area (Å²) >= 11 is 0. The molecule has 5 nitrogen and oxygen atoms in total. The molecule has 60 heavy (non-hydrogen) atoms. The predicted molar refractivity (Wildman–Crippen MR) is 250 cm³/mol. The summed E-state index contributed by atoms with van der Waals surface area (Å²) in [5.74, 6) is 1.19. The maximum atomic E-state index is 3.44. The topological polar surface area (TPSA) is 29.0 Å². The molecule has 2 heterocycles. The SMILES string of the molecule is CNc1ccccc1N(Cc1ccc2c(c1)c1cc3c(cc1n2-c1ccc(-c2n(-c4ccccc4)c4c([n+]2C)CCC=C4)cc1)C(C)(C)c1ccccc1-3)c1ccccc1. The minimum atomic E-state index is -0.113. The van der Waals surface area contributed by atoms with Gasteiger partial charge in [0.2, 0.25) is 0 Å². The summed E-state index contributed by atoms with van der Waals surface area (Å²) in [4.78, 5) is 2.42. The van der Waals surface area contributed by atoms with Crippen LogP contribution in [0.5, 0.6) is 0 Å². The third-order valence-electron chi connectivity index (χ3n) is 13.1. The van der Waals surface area contributed by atoms with E-state index in [1.165, 1.54) is 78.1 Å². The first-order valence-corrected chi connectivity index (χ1v) is 21.2. The van der Waals surface area contributed by atoms with Crippen LogP contribution in [0.1, 0.15) is 48.3 Å². The van der Waals surface area contributed by atoms with Crippen LogP contribution in [-0.4, -0.2) is 16.2 Å². The highest BCUT2D eigenvalue weighted by molar-refractivity contribution is 6.12. The van der Waals surface area contributed by atoms with E-state index in [1.807, 2.05) is 7.05 Å². The standard InChI is InChI=1S/C55H48N5/c1-55(2)46-22-12-11-21-42(46)43-34-45-44-33-37(36-58(39-17-7-5-8-18-39)50-24-14-13-23-48(50)56-3)27-32-49(44)59(53(45)35-47(43)55)41-30-28-38(29-31-41)54-57(4)51-25-15-16-26-52(51)60(54)40-19-9-6-10-20-40/h5-14,16-24,26-35,56H,15,25,36H2,1-4H3/q+1. The van der Waals surface area contributed by atoms with Crippen molar-refractivity contribution in [1.82, 2.24) is 9.13 Å². The number of nitrogens with one attached hydrogen (secondary N) is 1. The number of allylic oxidation sites excluding steroid dienone is 1. The minimum Gasteiger partial charge on any atom is -0.386 e. The van der Waals surface area contributed by atoms with Crippen molar-refractivity contribution in [2.75, 3.05) is 17.3 Å². The Hall–Kier alpha value is -7.11. The maximum Gasteiger partial charge on any atom is 0.294 e. The van der Waals surface area contributed by atoms with E-state index in [9.17, 15) is 0 Å². The number of nitrogens with zero attached hydrogens (tertiary/aromatic N) is 4. The number of hydrogen-bond donors (Lipinski definition) is 1. The lowest BCUT2D eigenvalue weighted by atomic mass is 9.82. The number of hydrogen-bond acceptors (Lipinski definition) is 2. The Kier molecular flexibility index (Phi) is 8.42. The van der Waals surface area contributed by atoms with Crippen molar-refractivity contribution in [2.24, 2.45) is 7.05 Å². The number of para-hydroxylation sites is 4. The van der Waals surface area contributed by atoms with Gasteiger partial charge in [-0.3, -0.25) is 0 Å². The number of anilines is 3. The van der Waals surface area contributed by atoms with E-state index in [2.05, 4.69) is 221 Å². The molecule has 0 radical (unpaired) electrons. The predicted octanol–water partition coefficient (Wildman–Crippen LogP) is 12.7. The first-order chi connectivity index (χ1) is 29.4. The first-order valence-electron chi connectivity index (χ1n) is 21.2. The van der Waals surface area contributed by atoms with E-state index >= 15 is 0 Å². The molecule has 7 aromatic carbocycles. The normalized spacial score (nSPS) is 13.7. The summed E-state index contributed by atoms with van der Waals surface area (Å²) in [6, 6.07) is 60.4. The van der Waals surface area contributed by atoms with E-state index in [1.54, 1.807) is 0 Å². The molecule has 1 N–H and O–H groups in total. The minimum absolute atomic E-state index is 0.113. The molecule has 292 valence electrons. The molecule has 0 bridgehead atoms. The summed E-state index contributed by atoms with van der Waals surface area (Å²) in [5, 5.41) is 5.97. The number of aromatic nitrogens is 3. The highest BCUT2D eigenvalue weighted by atomic mass is 15.2. The Morgan fingerprint density at radius 2 is 1.35 bits per heavy atom. The molecule has 0 amide bonds. The highest BCUT2D eigenvalue weighted by Crippen LogP contribution is 2.51. The quantitative estimate of drug-likeness (QED) is 0.156. The second kappa shape index (κ2) is 14.0. The molecule has 2 aliphatic carbocycles. The van der Waals surface area contributed by atoms with Crippen LogP contribution >= 0.6 is 0 Å². The van der Waals surface area contributed by atoms with E-state index in [-0.39, 0.29) is 5.41 Å². The summed E-state index contributed by atoms with van der Waals surface area (Å²) in [5.41, 5.74) is 18.6. The van der Waals surface area contributed by atoms with Gasteiger partial charge in [0.05, 0.1) is 35.0 Å². The zero-order chi connectivity index (χ0) is 40.5. The van der Waals surface area contributed by atoms with Gasteiger partial charge in [-0.2, -0.15) is 4.57 Å². The average molecular weight is 779 g/mol. The van der Waals surface area contributed by atoms with Gasteiger partial charge in [-0.05, 0) is 125 Å². The Labute approximate surface area is 352 Å². The monoisotopic (exact) mass is 778 g/mol. The molecule has 0 unspecified atom stereocenters. The fraction of sp³-hybridized carbons (Fsp3) is 0.145. The van der Waals surface area contributed by atoms with Gasteiger partial charge in [0.15, 0.2) is 11.4 Å².